The van der Waals surface area contributed by atoms with Crippen LogP contribution < -0.4 is 11.5 Å². The Hall–Kier alpha value is -1.96. The highest BCUT2D eigenvalue weighted by Crippen LogP contribution is 2.35. The van der Waals surface area contributed by atoms with Crippen LogP contribution in [0.3, 0.4) is 0 Å². The van der Waals surface area contributed by atoms with Gasteiger partial charge in [0.25, 0.3) is 0 Å². The predicted octanol–water partition coefficient (Wildman–Crippen LogP) is 4.80. The summed E-state index contributed by atoms with van der Waals surface area (Å²) in [6.07, 6.45) is 0. The molecule has 10 heteroatoms. The first-order chi connectivity index (χ1) is 13.0. The van der Waals surface area contributed by atoms with Gasteiger partial charge in [-0.25, -0.2) is 9.98 Å². The van der Waals surface area contributed by atoms with Crippen LogP contribution >= 0.6 is 49.6 Å². The molecule has 4 rings (SSSR count). The van der Waals surface area contributed by atoms with E-state index < -0.39 is 0 Å². The molecule has 0 aliphatic heterocycles. The Morgan fingerprint density at radius 3 is 2.32 bits per heavy atom. The smallest absolute Gasteiger partial charge is 0.191 e. The molecule has 0 aliphatic carbocycles. The van der Waals surface area contributed by atoms with Crippen molar-refractivity contribution in [2.45, 2.75) is 13.5 Å². The van der Waals surface area contributed by atoms with Gasteiger partial charge in [-0.05, 0) is 50.8 Å². The molecule has 0 aliphatic rings. The molecule has 2 aromatic carbocycles. The number of rotatable bonds is 4. The van der Waals surface area contributed by atoms with Gasteiger partial charge in [-0.15, -0.1) is 49.6 Å². The summed E-state index contributed by atoms with van der Waals surface area (Å²) in [5, 5.41) is 3.46. The van der Waals surface area contributed by atoms with Crippen molar-refractivity contribution in [3.8, 4) is 0 Å². The molecular weight excluding hydrogens is 478 g/mol. The fourth-order valence-corrected chi connectivity index (χ4v) is 3.70. The molecule has 0 spiro atoms. The van der Waals surface area contributed by atoms with E-state index in [0.29, 0.717) is 0 Å². The van der Waals surface area contributed by atoms with Crippen LogP contribution in [0.15, 0.2) is 47.5 Å². The molecule has 31 heavy (non-hydrogen) atoms. The maximum absolute atomic E-state index is 5.58. The Bertz CT molecular complexity index is 1200. The summed E-state index contributed by atoms with van der Waals surface area (Å²) in [5.41, 5.74) is 16.3. The number of aliphatic imine (C=N–C) groups is 1. The average Bonchev–Trinajstić information content (AvgIpc) is 2.92. The first-order valence-electron chi connectivity index (χ1n) is 9.01. The Balaban J connectivity index is 0.00000225. The lowest BCUT2D eigenvalue weighted by Gasteiger charge is -2.12. The summed E-state index contributed by atoms with van der Waals surface area (Å²) in [7, 11) is 4.16. The molecule has 4 N–H and O–H groups in total. The average molecular weight is 506 g/mol. The van der Waals surface area contributed by atoms with E-state index in [2.05, 4.69) is 59.7 Å². The molecule has 0 bridgehead atoms. The summed E-state index contributed by atoms with van der Waals surface area (Å²) in [6, 6.07) is 14.4. The number of aromatic nitrogens is 2. The molecule has 0 saturated carbocycles. The molecule has 2 aromatic heterocycles. The molecule has 170 valence electrons. The lowest BCUT2D eigenvalue weighted by Crippen LogP contribution is -2.21. The number of para-hydroxylation sites is 1. The second-order valence-electron chi connectivity index (χ2n) is 7.15. The van der Waals surface area contributed by atoms with Gasteiger partial charge in [0, 0.05) is 29.2 Å². The standard InChI is InChI=1S/C21H24N6.4ClH/c1-13-15-6-4-5-7-17(15)25-20-19(13)16-12-14(24-21(22)23)8-9-18(16)27(20)11-10-26(2)3;;;;/h4-9,12H,10-11H2,1-3H3,(H4,22,23,24);4*1H. The number of guanidine groups is 1. The second kappa shape index (κ2) is 11.6. The molecule has 0 atom stereocenters. The van der Waals surface area contributed by atoms with E-state index in [1.165, 1.54) is 10.9 Å². The van der Waals surface area contributed by atoms with Crippen LogP contribution in [0.25, 0.3) is 32.8 Å². The molecule has 0 unspecified atom stereocenters. The monoisotopic (exact) mass is 504 g/mol. The lowest BCUT2D eigenvalue weighted by atomic mass is 10.0. The number of nitrogens with zero attached hydrogens (tertiary/aromatic N) is 4. The van der Waals surface area contributed by atoms with Crippen molar-refractivity contribution in [2.75, 3.05) is 20.6 Å². The Labute approximate surface area is 206 Å². The largest absolute Gasteiger partial charge is 0.370 e. The Morgan fingerprint density at radius 1 is 1.00 bits per heavy atom. The zero-order chi connectivity index (χ0) is 19.1. The maximum Gasteiger partial charge on any atom is 0.191 e. The number of hydrogen-bond acceptors (Lipinski definition) is 3. The highest BCUT2D eigenvalue weighted by Gasteiger charge is 2.16. The molecule has 2 heterocycles. The maximum atomic E-state index is 5.58. The summed E-state index contributed by atoms with van der Waals surface area (Å²) in [4.78, 5) is 11.4. The molecule has 0 amide bonds. The van der Waals surface area contributed by atoms with Crippen LogP contribution in [-0.4, -0.2) is 41.1 Å². The molecule has 6 nitrogen and oxygen atoms in total. The van der Waals surface area contributed by atoms with E-state index in [-0.39, 0.29) is 55.6 Å². The van der Waals surface area contributed by atoms with E-state index in [0.717, 1.165) is 46.2 Å². The molecular formula is C21H28Cl4N6. The van der Waals surface area contributed by atoms with Crippen LogP contribution in [0.2, 0.25) is 0 Å². The number of halogens is 4. The Kier molecular flexibility index (Phi) is 10.9. The summed E-state index contributed by atoms with van der Waals surface area (Å²) >= 11 is 0. The highest BCUT2D eigenvalue weighted by molar-refractivity contribution is 6.13. The zero-order valence-electron chi connectivity index (χ0n) is 17.5. The van der Waals surface area contributed by atoms with E-state index >= 15 is 0 Å². The number of benzene rings is 2. The van der Waals surface area contributed by atoms with Crippen molar-refractivity contribution in [1.82, 2.24) is 14.5 Å². The minimum atomic E-state index is 0. The van der Waals surface area contributed by atoms with Gasteiger partial charge >= 0.3 is 0 Å². The second-order valence-corrected chi connectivity index (χ2v) is 7.15. The van der Waals surface area contributed by atoms with Gasteiger partial charge in [0.1, 0.15) is 5.65 Å². The van der Waals surface area contributed by atoms with Gasteiger partial charge in [0.05, 0.1) is 16.7 Å². The lowest BCUT2D eigenvalue weighted by molar-refractivity contribution is 0.389. The first kappa shape index (κ1) is 29.0. The topological polar surface area (TPSA) is 85.5 Å². The normalized spacial score (nSPS) is 10.2. The van der Waals surface area contributed by atoms with E-state index in [1.807, 2.05) is 18.2 Å². The quantitative estimate of drug-likeness (QED) is 0.308. The van der Waals surface area contributed by atoms with Crippen LogP contribution in [-0.2, 0) is 6.54 Å². The first-order valence-corrected chi connectivity index (χ1v) is 9.01. The fourth-order valence-electron chi connectivity index (χ4n) is 3.70. The van der Waals surface area contributed by atoms with Gasteiger partial charge in [0.15, 0.2) is 5.96 Å². The third kappa shape index (κ3) is 5.45. The van der Waals surface area contributed by atoms with Gasteiger partial charge in [-0.3, -0.25) is 0 Å². The van der Waals surface area contributed by atoms with Gasteiger partial charge < -0.3 is 20.9 Å². The number of aryl methyl sites for hydroxylation is 1. The van der Waals surface area contributed by atoms with E-state index in [1.54, 1.807) is 0 Å². The van der Waals surface area contributed by atoms with Crippen LogP contribution in [0, 0.1) is 6.92 Å². The Morgan fingerprint density at radius 2 is 1.68 bits per heavy atom. The number of pyridine rings is 1. The number of fused-ring (bicyclic) bond motifs is 4. The molecule has 0 saturated heterocycles. The van der Waals surface area contributed by atoms with E-state index in [9.17, 15) is 0 Å². The fraction of sp³-hybridized carbons (Fsp3) is 0.238. The molecule has 4 aromatic rings. The van der Waals surface area contributed by atoms with Crippen molar-refractivity contribution in [2.24, 2.45) is 16.5 Å². The van der Waals surface area contributed by atoms with Crippen molar-refractivity contribution in [1.29, 1.82) is 0 Å². The minimum Gasteiger partial charge on any atom is -0.370 e. The highest BCUT2D eigenvalue weighted by atomic mass is 35.5. The molecule has 0 radical (unpaired) electrons. The zero-order valence-corrected chi connectivity index (χ0v) is 20.8. The van der Waals surface area contributed by atoms with Gasteiger partial charge in [-0.2, -0.15) is 0 Å². The number of hydrogen-bond donors (Lipinski definition) is 2. The molecule has 0 fully saturated rings. The third-order valence-electron chi connectivity index (χ3n) is 4.96. The van der Waals surface area contributed by atoms with E-state index in [4.69, 9.17) is 16.5 Å². The summed E-state index contributed by atoms with van der Waals surface area (Å²) in [5.74, 6) is 0.0611. The predicted molar refractivity (Wildman–Crippen MR) is 142 cm³/mol. The number of likely N-dealkylation sites (N-methyl/N-ethyl adjacent to an activating group) is 1. The van der Waals surface area contributed by atoms with Crippen molar-refractivity contribution >= 4 is 94.1 Å². The van der Waals surface area contributed by atoms with Crippen LogP contribution in [0.5, 0.6) is 0 Å². The summed E-state index contributed by atoms with van der Waals surface area (Å²) in [6.45, 7) is 3.96. The SMILES string of the molecule is Cc1c2ccccc2nc2c1c1cc(N=C(N)N)ccc1n2CCN(C)C.Cl.Cl.Cl.Cl. The minimum absolute atomic E-state index is 0. The third-order valence-corrected chi connectivity index (χ3v) is 4.96. The van der Waals surface area contributed by atoms with Crippen LogP contribution in [0.4, 0.5) is 5.69 Å². The van der Waals surface area contributed by atoms with Crippen molar-refractivity contribution in [3.05, 3.63) is 48.0 Å². The van der Waals surface area contributed by atoms with Crippen LogP contribution in [0.1, 0.15) is 5.56 Å². The summed E-state index contributed by atoms with van der Waals surface area (Å²) < 4.78 is 2.30. The number of nitrogens with two attached hydrogens (primary N) is 2. The van der Waals surface area contributed by atoms with Gasteiger partial charge in [-0.1, -0.05) is 18.2 Å². The van der Waals surface area contributed by atoms with Gasteiger partial charge in [0.2, 0.25) is 0 Å². The van der Waals surface area contributed by atoms with Crippen molar-refractivity contribution in [3.63, 3.8) is 0 Å². The van der Waals surface area contributed by atoms with Crippen molar-refractivity contribution < 1.29 is 0 Å².